The first-order valence-electron chi connectivity index (χ1n) is 9.83. The summed E-state index contributed by atoms with van der Waals surface area (Å²) in [7, 11) is 2.07. The van der Waals surface area contributed by atoms with Crippen molar-refractivity contribution < 1.29 is 14.7 Å². The van der Waals surface area contributed by atoms with Gasteiger partial charge in [-0.2, -0.15) is 10.2 Å². The van der Waals surface area contributed by atoms with E-state index in [0.717, 1.165) is 31.9 Å². The Labute approximate surface area is 176 Å². The molecular weight excluding hydrogens is 388 g/mol. The summed E-state index contributed by atoms with van der Waals surface area (Å²) in [6, 6.07) is -0.951. The second-order valence-corrected chi connectivity index (χ2v) is 7.58. The van der Waals surface area contributed by atoms with Gasteiger partial charge in [0.15, 0.2) is 0 Å². The van der Waals surface area contributed by atoms with Gasteiger partial charge in [-0.3, -0.25) is 14.2 Å². The lowest BCUT2D eigenvalue weighted by atomic mass is 10.2. The Morgan fingerprint density at radius 3 is 1.73 bits per heavy atom. The van der Waals surface area contributed by atoms with Gasteiger partial charge in [0.1, 0.15) is 12.1 Å². The Kier molecular flexibility index (Phi) is 7.43. The molecule has 30 heavy (non-hydrogen) atoms. The summed E-state index contributed by atoms with van der Waals surface area (Å²) in [6.45, 7) is 10.5. The van der Waals surface area contributed by atoms with Gasteiger partial charge in [0.2, 0.25) is 5.91 Å². The summed E-state index contributed by atoms with van der Waals surface area (Å²) < 4.78 is 3.09. The lowest BCUT2D eigenvalue weighted by molar-refractivity contribution is -0.140. The summed E-state index contributed by atoms with van der Waals surface area (Å²) in [6.07, 6.45) is 3.05. The Morgan fingerprint density at radius 2 is 1.37 bits per heavy atom. The largest absolute Gasteiger partial charge is 0.480 e. The van der Waals surface area contributed by atoms with Crippen LogP contribution in [-0.4, -0.2) is 79.6 Å². The molecule has 1 saturated heterocycles. The predicted octanol–water partition coefficient (Wildman–Crippen LogP) is 0.528. The van der Waals surface area contributed by atoms with Crippen molar-refractivity contribution in [3.05, 3.63) is 23.8 Å². The van der Waals surface area contributed by atoms with E-state index in [4.69, 9.17) is 16.6 Å². The van der Waals surface area contributed by atoms with Gasteiger partial charge >= 0.3 is 5.97 Å². The van der Waals surface area contributed by atoms with Crippen LogP contribution in [0.15, 0.2) is 12.4 Å². The lowest BCUT2D eigenvalue weighted by Gasteiger charge is -2.34. The molecule has 11 nitrogen and oxygen atoms in total. The van der Waals surface area contributed by atoms with E-state index in [9.17, 15) is 9.59 Å². The second-order valence-electron chi connectivity index (χ2n) is 7.58. The minimum absolute atomic E-state index is 0.120. The summed E-state index contributed by atoms with van der Waals surface area (Å²) in [5.74, 6) is -0.796. The number of hydrogen-bond donors (Lipinski definition) is 3. The molecule has 0 bridgehead atoms. The number of rotatable bonds is 4. The molecule has 3 rings (SSSR count). The molecule has 1 aliphatic rings. The van der Waals surface area contributed by atoms with Crippen molar-refractivity contribution in [2.75, 3.05) is 44.7 Å². The molecular formula is C19H32N8O3. The van der Waals surface area contributed by atoms with Crippen molar-refractivity contribution in [1.82, 2.24) is 29.4 Å². The van der Waals surface area contributed by atoms with Crippen molar-refractivity contribution in [2.24, 2.45) is 0 Å². The molecule has 3 heterocycles. The van der Waals surface area contributed by atoms with Gasteiger partial charge in [-0.25, -0.2) is 4.79 Å². The molecule has 0 aromatic carbocycles. The fraction of sp³-hybridized carbons (Fsp3) is 0.579. The van der Waals surface area contributed by atoms with Crippen LogP contribution in [0.2, 0.25) is 0 Å². The minimum atomic E-state index is -0.916. The topological polar surface area (TPSA) is 149 Å². The first-order valence-corrected chi connectivity index (χ1v) is 9.83. The highest BCUT2D eigenvalue weighted by Gasteiger charge is 2.26. The van der Waals surface area contributed by atoms with Crippen molar-refractivity contribution in [2.45, 2.75) is 39.8 Å². The molecule has 0 radical (unpaired) electrons. The van der Waals surface area contributed by atoms with Gasteiger partial charge in [0, 0.05) is 26.2 Å². The van der Waals surface area contributed by atoms with Gasteiger partial charge in [0.25, 0.3) is 0 Å². The Morgan fingerprint density at radius 1 is 0.933 bits per heavy atom. The second kappa shape index (κ2) is 9.61. The van der Waals surface area contributed by atoms with Crippen LogP contribution in [0.1, 0.15) is 37.3 Å². The maximum atomic E-state index is 12.4. The average molecular weight is 421 g/mol. The standard InChI is InChI=1S/C12H21N5O.C7H11N3O2/c1-9-11(13)8-14-17(9)10(2)12(18)16-6-4-15(3)5-7-16;1-4-6(8)3-9-10(4)5(2)7(11)12/h8,10H,4-7,13H2,1-3H3;3,5H,8H2,1-2H3,(H,11,12). The van der Waals surface area contributed by atoms with E-state index >= 15 is 0 Å². The molecule has 5 N–H and O–H groups in total. The molecule has 0 aliphatic carbocycles. The normalized spacial score (nSPS) is 16.5. The number of nitrogens with two attached hydrogens (primary N) is 2. The summed E-state index contributed by atoms with van der Waals surface area (Å²) >= 11 is 0. The van der Waals surface area contributed by atoms with Gasteiger partial charge in [0.05, 0.1) is 35.2 Å². The van der Waals surface area contributed by atoms with E-state index in [2.05, 4.69) is 22.1 Å². The molecule has 2 atom stereocenters. The number of piperazine rings is 1. The maximum Gasteiger partial charge on any atom is 0.328 e. The van der Waals surface area contributed by atoms with Crippen LogP contribution < -0.4 is 11.5 Å². The number of carboxylic acid groups (broad SMARTS) is 1. The quantitative estimate of drug-likeness (QED) is 0.648. The highest BCUT2D eigenvalue weighted by atomic mass is 16.4. The first kappa shape index (κ1) is 23.2. The number of aromatic nitrogens is 4. The van der Waals surface area contributed by atoms with Crippen LogP contribution in [-0.2, 0) is 9.59 Å². The molecule has 11 heteroatoms. The maximum absolute atomic E-state index is 12.4. The smallest absolute Gasteiger partial charge is 0.328 e. The Hall–Kier alpha value is -3.08. The Balaban J connectivity index is 0.000000232. The molecule has 1 fully saturated rings. The molecule has 166 valence electrons. The number of aliphatic carboxylic acids is 1. The zero-order chi connectivity index (χ0) is 22.6. The van der Waals surface area contributed by atoms with Crippen LogP contribution in [0.5, 0.6) is 0 Å². The van der Waals surface area contributed by atoms with Crippen molar-refractivity contribution in [3.63, 3.8) is 0 Å². The van der Waals surface area contributed by atoms with Crippen LogP contribution in [0.3, 0.4) is 0 Å². The van der Waals surface area contributed by atoms with E-state index in [0.29, 0.717) is 17.1 Å². The zero-order valence-corrected chi connectivity index (χ0v) is 18.2. The molecule has 2 aromatic rings. The number of anilines is 2. The number of amides is 1. The molecule has 2 aromatic heterocycles. The Bertz CT molecular complexity index is 882. The van der Waals surface area contributed by atoms with Crippen LogP contribution in [0.4, 0.5) is 11.4 Å². The summed E-state index contributed by atoms with van der Waals surface area (Å²) in [4.78, 5) is 27.1. The fourth-order valence-electron chi connectivity index (χ4n) is 3.15. The van der Waals surface area contributed by atoms with Crippen LogP contribution in [0, 0.1) is 13.8 Å². The van der Waals surface area contributed by atoms with E-state index in [1.54, 1.807) is 24.7 Å². The predicted molar refractivity (Wildman–Crippen MR) is 114 cm³/mol. The number of likely N-dealkylation sites (N-methyl/N-ethyl adjacent to an activating group) is 1. The fourth-order valence-corrected chi connectivity index (χ4v) is 3.15. The number of carboxylic acids is 1. The molecule has 1 aliphatic heterocycles. The van der Waals surface area contributed by atoms with Gasteiger partial charge in [-0.1, -0.05) is 0 Å². The minimum Gasteiger partial charge on any atom is -0.480 e. The third kappa shape index (κ3) is 5.09. The van der Waals surface area contributed by atoms with E-state index < -0.39 is 12.0 Å². The zero-order valence-electron chi connectivity index (χ0n) is 18.2. The number of hydrogen-bond acceptors (Lipinski definition) is 7. The third-order valence-electron chi connectivity index (χ3n) is 5.43. The highest BCUT2D eigenvalue weighted by Crippen LogP contribution is 2.17. The van der Waals surface area contributed by atoms with Crippen molar-refractivity contribution >= 4 is 23.3 Å². The van der Waals surface area contributed by atoms with Gasteiger partial charge in [-0.15, -0.1) is 0 Å². The molecule has 0 saturated carbocycles. The van der Waals surface area contributed by atoms with Gasteiger partial charge in [-0.05, 0) is 34.7 Å². The lowest BCUT2D eigenvalue weighted by Crippen LogP contribution is -2.49. The molecule has 1 amide bonds. The number of nitrogen functional groups attached to an aromatic ring is 2. The highest BCUT2D eigenvalue weighted by molar-refractivity contribution is 5.80. The van der Waals surface area contributed by atoms with Gasteiger partial charge < -0.3 is 26.4 Å². The first-order chi connectivity index (χ1) is 14.0. The monoisotopic (exact) mass is 420 g/mol. The van der Waals surface area contributed by atoms with Crippen LogP contribution >= 0.6 is 0 Å². The SMILES string of the molecule is Cc1c(N)cnn1C(C)C(=O)N1CCN(C)CC1.Cc1c(N)cnn1C(C)C(=O)O. The number of carbonyl (C=O) groups excluding carboxylic acids is 1. The van der Waals surface area contributed by atoms with Crippen LogP contribution in [0.25, 0.3) is 0 Å². The number of carbonyl (C=O) groups is 2. The summed E-state index contributed by atoms with van der Waals surface area (Å²) in [5, 5.41) is 16.7. The van der Waals surface area contributed by atoms with E-state index in [1.165, 1.54) is 10.9 Å². The van der Waals surface area contributed by atoms with E-state index in [-0.39, 0.29) is 11.9 Å². The van der Waals surface area contributed by atoms with Crippen molar-refractivity contribution in [3.8, 4) is 0 Å². The molecule has 2 unspecified atom stereocenters. The third-order valence-corrected chi connectivity index (χ3v) is 5.43. The number of nitrogens with zero attached hydrogens (tertiary/aromatic N) is 6. The molecule has 0 spiro atoms. The summed E-state index contributed by atoms with van der Waals surface area (Å²) in [5.41, 5.74) is 13.9. The van der Waals surface area contributed by atoms with E-state index in [1.807, 2.05) is 18.7 Å². The van der Waals surface area contributed by atoms with Crippen molar-refractivity contribution in [1.29, 1.82) is 0 Å². The average Bonchev–Trinajstić information content (AvgIpc) is 3.23.